The maximum Gasteiger partial charge on any atom is 0.310 e. The van der Waals surface area contributed by atoms with Crippen LogP contribution in [0.15, 0.2) is 18.5 Å². The lowest BCUT2D eigenvalue weighted by Gasteiger charge is -2.36. The van der Waals surface area contributed by atoms with E-state index in [4.69, 9.17) is 0 Å². The Morgan fingerprint density at radius 3 is 2.55 bits per heavy atom. The quantitative estimate of drug-likeness (QED) is 0.864. The zero-order valence-electron chi connectivity index (χ0n) is 12.2. The van der Waals surface area contributed by atoms with E-state index < -0.39 is 11.4 Å². The number of aromatic nitrogens is 2. The molecule has 4 heteroatoms. The van der Waals surface area contributed by atoms with Gasteiger partial charge in [0.2, 0.25) is 0 Å². The number of unbranched alkanes of at least 4 members (excludes halogenated alkanes) is 1. The number of carbonyl (C=O) groups is 1. The molecule has 0 bridgehead atoms. The van der Waals surface area contributed by atoms with Gasteiger partial charge in [0.15, 0.2) is 0 Å². The topological polar surface area (TPSA) is 63.1 Å². The number of aliphatic carboxylic acids is 1. The van der Waals surface area contributed by atoms with Gasteiger partial charge in [0, 0.05) is 18.8 Å². The van der Waals surface area contributed by atoms with E-state index in [1.807, 2.05) is 0 Å². The predicted octanol–water partition coefficient (Wildman–Crippen LogP) is 3.47. The average molecular weight is 276 g/mol. The molecule has 1 fully saturated rings. The molecule has 1 aliphatic carbocycles. The Kier molecular flexibility index (Phi) is 5.10. The van der Waals surface area contributed by atoms with Gasteiger partial charge in [-0.05, 0) is 37.7 Å². The van der Waals surface area contributed by atoms with E-state index >= 15 is 0 Å². The number of carboxylic acid groups (broad SMARTS) is 1. The first-order valence-corrected chi connectivity index (χ1v) is 7.65. The minimum atomic E-state index is -0.682. The van der Waals surface area contributed by atoms with Crippen molar-refractivity contribution in [3.05, 3.63) is 24.3 Å². The molecule has 4 nitrogen and oxygen atoms in total. The number of hydrogen-bond donors (Lipinski definition) is 1. The molecule has 1 aromatic heterocycles. The van der Waals surface area contributed by atoms with Crippen LogP contribution in [0.4, 0.5) is 0 Å². The third kappa shape index (κ3) is 3.56. The van der Waals surface area contributed by atoms with Gasteiger partial charge in [-0.2, -0.15) is 0 Å². The lowest BCUT2D eigenvalue weighted by Crippen LogP contribution is -2.38. The van der Waals surface area contributed by atoms with Crippen molar-refractivity contribution in [1.29, 1.82) is 0 Å². The van der Waals surface area contributed by atoms with Crippen molar-refractivity contribution in [2.45, 2.75) is 58.3 Å². The number of hydrogen-bond acceptors (Lipinski definition) is 3. The highest BCUT2D eigenvalue weighted by atomic mass is 16.4. The van der Waals surface area contributed by atoms with Crippen LogP contribution in [0, 0.1) is 11.3 Å². The van der Waals surface area contributed by atoms with Gasteiger partial charge in [-0.1, -0.05) is 26.2 Å². The minimum absolute atomic E-state index is 0.462. The zero-order chi connectivity index (χ0) is 14.4. The van der Waals surface area contributed by atoms with E-state index in [1.54, 1.807) is 18.5 Å². The summed E-state index contributed by atoms with van der Waals surface area (Å²) in [7, 11) is 0. The van der Waals surface area contributed by atoms with Crippen LogP contribution in [-0.2, 0) is 11.2 Å². The third-order valence-electron chi connectivity index (χ3n) is 4.60. The molecule has 1 aromatic rings. The third-order valence-corrected chi connectivity index (χ3v) is 4.60. The second-order valence-electron chi connectivity index (χ2n) is 6.01. The predicted molar refractivity (Wildman–Crippen MR) is 77.3 cm³/mol. The number of nitrogens with zero attached hydrogens (tertiary/aromatic N) is 2. The fourth-order valence-corrected chi connectivity index (χ4v) is 3.20. The Morgan fingerprint density at radius 1 is 1.35 bits per heavy atom. The Labute approximate surface area is 120 Å². The van der Waals surface area contributed by atoms with Gasteiger partial charge in [0.1, 0.15) is 5.82 Å². The van der Waals surface area contributed by atoms with Crippen LogP contribution in [0.25, 0.3) is 0 Å². The van der Waals surface area contributed by atoms with Crippen molar-refractivity contribution in [2.24, 2.45) is 11.3 Å². The Bertz CT molecular complexity index is 425. The maximum atomic E-state index is 11.7. The molecule has 0 radical (unpaired) electrons. The first kappa shape index (κ1) is 14.9. The molecular weight excluding hydrogens is 252 g/mol. The average Bonchev–Trinajstić information content (AvgIpc) is 2.47. The summed E-state index contributed by atoms with van der Waals surface area (Å²) in [6.07, 6.45) is 11.1. The van der Waals surface area contributed by atoms with Gasteiger partial charge < -0.3 is 5.11 Å². The van der Waals surface area contributed by atoms with Crippen LogP contribution in [0.1, 0.15) is 57.7 Å². The smallest absolute Gasteiger partial charge is 0.310 e. The summed E-state index contributed by atoms with van der Waals surface area (Å²) in [6.45, 7) is 2.21. The molecule has 2 rings (SSSR count). The molecule has 0 unspecified atom stereocenters. The Hall–Kier alpha value is -1.45. The molecule has 0 aromatic carbocycles. The summed E-state index contributed by atoms with van der Waals surface area (Å²) in [4.78, 5) is 20.1. The van der Waals surface area contributed by atoms with Crippen molar-refractivity contribution in [2.75, 3.05) is 0 Å². The minimum Gasteiger partial charge on any atom is -0.481 e. The van der Waals surface area contributed by atoms with E-state index in [1.165, 1.54) is 19.3 Å². The fraction of sp³-hybridized carbons (Fsp3) is 0.688. The lowest BCUT2D eigenvalue weighted by molar-refractivity contribution is -0.151. The summed E-state index contributed by atoms with van der Waals surface area (Å²) in [6, 6.07) is 1.76. The first-order chi connectivity index (χ1) is 9.66. The summed E-state index contributed by atoms with van der Waals surface area (Å²) in [5.74, 6) is 0.680. The second-order valence-corrected chi connectivity index (χ2v) is 6.01. The molecule has 0 saturated heterocycles. The van der Waals surface area contributed by atoms with E-state index in [0.29, 0.717) is 18.2 Å². The molecule has 20 heavy (non-hydrogen) atoms. The highest BCUT2D eigenvalue weighted by molar-refractivity contribution is 5.75. The van der Waals surface area contributed by atoms with Crippen LogP contribution >= 0.6 is 0 Å². The molecule has 110 valence electrons. The van der Waals surface area contributed by atoms with E-state index in [2.05, 4.69) is 16.9 Å². The molecule has 1 aliphatic rings. The van der Waals surface area contributed by atoms with Crippen LogP contribution < -0.4 is 0 Å². The Morgan fingerprint density at radius 2 is 2.00 bits per heavy atom. The van der Waals surface area contributed by atoms with Gasteiger partial charge in [0.25, 0.3) is 0 Å². The molecule has 1 N–H and O–H groups in total. The lowest BCUT2D eigenvalue weighted by atomic mass is 9.67. The van der Waals surface area contributed by atoms with E-state index in [-0.39, 0.29) is 0 Å². The van der Waals surface area contributed by atoms with Gasteiger partial charge in [-0.25, -0.2) is 9.97 Å². The summed E-state index contributed by atoms with van der Waals surface area (Å²) in [5.41, 5.74) is -0.649. The summed E-state index contributed by atoms with van der Waals surface area (Å²) < 4.78 is 0. The molecule has 1 heterocycles. The monoisotopic (exact) mass is 276 g/mol. The zero-order valence-corrected chi connectivity index (χ0v) is 12.2. The molecular formula is C16H24N2O2. The van der Waals surface area contributed by atoms with Gasteiger partial charge in [-0.3, -0.25) is 4.79 Å². The van der Waals surface area contributed by atoms with Crippen molar-refractivity contribution in [3.63, 3.8) is 0 Å². The molecule has 1 saturated carbocycles. The summed E-state index contributed by atoms with van der Waals surface area (Å²) >= 11 is 0. The molecule has 0 aliphatic heterocycles. The van der Waals surface area contributed by atoms with Crippen LogP contribution in [-0.4, -0.2) is 21.0 Å². The van der Waals surface area contributed by atoms with Gasteiger partial charge in [0.05, 0.1) is 5.41 Å². The molecule has 0 spiro atoms. The van der Waals surface area contributed by atoms with E-state index in [0.717, 1.165) is 25.7 Å². The number of rotatable bonds is 6. The fourth-order valence-electron chi connectivity index (χ4n) is 3.20. The maximum absolute atomic E-state index is 11.7. The Balaban J connectivity index is 2.00. The summed E-state index contributed by atoms with van der Waals surface area (Å²) in [5, 5.41) is 9.66. The highest BCUT2D eigenvalue weighted by Crippen LogP contribution is 2.42. The van der Waals surface area contributed by atoms with Gasteiger partial charge >= 0.3 is 5.97 Å². The molecule has 0 amide bonds. The van der Waals surface area contributed by atoms with Gasteiger partial charge in [-0.15, -0.1) is 0 Å². The van der Waals surface area contributed by atoms with Crippen LogP contribution in [0.2, 0.25) is 0 Å². The largest absolute Gasteiger partial charge is 0.481 e. The van der Waals surface area contributed by atoms with Crippen molar-refractivity contribution >= 4 is 5.97 Å². The molecule has 0 atom stereocenters. The van der Waals surface area contributed by atoms with Crippen LogP contribution in [0.5, 0.6) is 0 Å². The van der Waals surface area contributed by atoms with Crippen molar-refractivity contribution in [1.82, 2.24) is 9.97 Å². The second kappa shape index (κ2) is 6.82. The van der Waals surface area contributed by atoms with E-state index in [9.17, 15) is 9.90 Å². The standard InChI is InChI=1S/C16H24N2O2/c1-2-3-5-13-6-8-16(9-7-13,15(19)20)12-14-17-10-4-11-18-14/h4,10-11,13H,2-3,5-9,12H2,1H3,(H,19,20). The highest BCUT2D eigenvalue weighted by Gasteiger charge is 2.42. The van der Waals surface area contributed by atoms with Crippen molar-refractivity contribution in [3.8, 4) is 0 Å². The van der Waals surface area contributed by atoms with Crippen molar-refractivity contribution < 1.29 is 9.90 Å². The van der Waals surface area contributed by atoms with Crippen LogP contribution in [0.3, 0.4) is 0 Å². The normalized spacial score (nSPS) is 26.4. The SMILES string of the molecule is CCCCC1CCC(Cc2ncccn2)(C(=O)O)CC1. The number of carboxylic acids is 1. The first-order valence-electron chi connectivity index (χ1n) is 7.65.